The van der Waals surface area contributed by atoms with Gasteiger partial charge in [-0.3, -0.25) is 10.2 Å². The minimum atomic E-state index is -0.635. The first-order chi connectivity index (χ1) is 6.61. The molecular formula is C9H18N2O3. The molecule has 0 spiro atoms. The molecule has 0 saturated carbocycles. The maximum atomic E-state index is 11.3. The van der Waals surface area contributed by atoms with Crippen molar-refractivity contribution in [1.29, 1.82) is 0 Å². The summed E-state index contributed by atoms with van der Waals surface area (Å²) in [5.74, 6) is -0.290. The van der Waals surface area contributed by atoms with Crippen LogP contribution in [-0.2, 0) is 9.53 Å². The van der Waals surface area contributed by atoms with Crippen LogP contribution in [0.2, 0.25) is 0 Å². The maximum absolute atomic E-state index is 11.3. The van der Waals surface area contributed by atoms with Crippen molar-refractivity contribution in [2.24, 2.45) is 5.92 Å². The molecule has 1 atom stereocenters. The average Bonchev–Trinajstić information content (AvgIpc) is 2.15. The predicted molar refractivity (Wildman–Crippen MR) is 52.4 cm³/mol. The zero-order valence-corrected chi connectivity index (χ0v) is 8.92. The Bertz CT molecular complexity index is 194. The topological polar surface area (TPSA) is 67.4 Å². The summed E-state index contributed by atoms with van der Waals surface area (Å²) < 4.78 is 4.57. The summed E-state index contributed by atoms with van der Waals surface area (Å²) in [6.45, 7) is 5.79. The zero-order chi connectivity index (χ0) is 11.0. The van der Waals surface area contributed by atoms with Crippen LogP contribution >= 0.6 is 0 Å². The molecular weight excluding hydrogens is 184 g/mol. The fourth-order valence-electron chi connectivity index (χ4n) is 0.967. The number of rotatable bonds is 4. The van der Waals surface area contributed by atoms with Gasteiger partial charge in [-0.1, -0.05) is 20.3 Å². The number of carbonyl (C=O) groups is 2. The smallest absolute Gasteiger partial charge is 0.426 e. The summed E-state index contributed by atoms with van der Waals surface area (Å²) in [7, 11) is 0. The summed E-state index contributed by atoms with van der Waals surface area (Å²) in [6, 6.07) is 0. The van der Waals surface area contributed by atoms with E-state index < -0.39 is 6.09 Å². The van der Waals surface area contributed by atoms with Gasteiger partial charge in [0, 0.05) is 5.92 Å². The predicted octanol–water partition coefficient (Wildman–Crippen LogP) is 1.20. The monoisotopic (exact) mass is 202 g/mol. The number of hydrazine groups is 1. The number of carbonyl (C=O) groups excluding carboxylic acids is 2. The lowest BCUT2D eigenvalue weighted by Gasteiger charge is -2.11. The lowest BCUT2D eigenvalue weighted by Crippen LogP contribution is -2.44. The van der Waals surface area contributed by atoms with Crippen LogP contribution in [0.25, 0.3) is 0 Å². The van der Waals surface area contributed by atoms with E-state index in [1.807, 2.05) is 13.8 Å². The summed E-state index contributed by atoms with van der Waals surface area (Å²) in [6.07, 6.45) is 1.11. The van der Waals surface area contributed by atoms with Gasteiger partial charge in [-0.25, -0.2) is 10.2 Å². The minimum Gasteiger partial charge on any atom is -0.449 e. The fourth-order valence-corrected chi connectivity index (χ4v) is 0.967. The second kappa shape index (κ2) is 7.17. The largest absolute Gasteiger partial charge is 0.449 e. The van der Waals surface area contributed by atoms with E-state index in [2.05, 4.69) is 15.6 Å². The molecule has 2 amide bonds. The third-order valence-electron chi connectivity index (χ3n) is 1.73. The van der Waals surface area contributed by atoms with Crippen molar-refractivity contribution in [2.45, 2.75) is 33.6 Å². The van der Waals surface area contributed by atoms with Crippen molar-refractivity contribution >= 4 is 12.0 Å². The van der Waals surface area contributed by atoms with Crippen LogP contribution in [0.15, 0.2) is 0 Å². The molecule has 0 heterocycles. The lowest BCUT2D eigenvalue weighted by molar-refractivity contribution is -0.125. The molecule has 0 rings (SSSR count). The summed E-state index contributed by atoms with van der Waals surface area (Å²) in [5.41, 5.74) is 4.45. The molecule has 0 radical (unpaired) electrons. The Morgan fingerprint density at radius 3 is 2.43 bits per heavy atom. The molecule has 1 unspecified atom stereocenters. The Labute approximate surface area is 84.2 Å². The summed E-state index contributed by atoms with van der Waals surface area (Å²) in [5, 5.41) is 0. The first kappa shape index (κ1) is 12.7. The molecule has 0 aromatic carbocycles. The molecule has 0 aliphatic carbocycles. The van der Waals surface area contributed by atoms with E-state index >= 15 is 0 Å². The van der Waals surface area contributed by atoms with Crippen LogP contribution in [0.1, 0.15) is 33.6 Å². The van der Waals surface area contributed by atoms with E-state index in [4.69, 9.17) is 0 Å². The van der Waals surface area contributed by atoms with Gasteiger partial charge in [0.15, 0.2) is 0 Å². The molecule has 0 aliphatic heterocycles. The highest BCUT2D eigenvalue weighted by molar-refractivity contribution is 5.80. The van der Waals surface area contributed by atoms with Crippen LogP contribution in [-0.4, -0.2) is 18.6 Å². The standard InChI is InChI=1S/C9H18N2O3/c1-4-6-7(3)8(12)10-11-9(13)14-5-2/h7H,4-6H2,1-3H3,(H,10,12)(H,11,13). The van der Waals surface area contributed by atoms with Crippen molar-refractivity contribution in [2.75, 3.05) is 6.61 Å². The molecule has 0 fully saturated rings. The third kappa shape index (κ3) is 5.40. The maximum Gasteiger partial charge on any atom is 0.426 e. The number of hydrogen-bond acceptors (Lipinski definition) is 3. The average molecular weight is 202 g/mol. The first-order valence-corrected chi connectivity index (χ1v) is 4.84. The van der Waals surface area contributed by atoms with Gasteiger partial charge in [-0.2, -0.15) is 0 Å². The van der Waals surface area contributed by atoms with Crippen LogP contribution in [0.4, 0.5) is 4.79 Å². The lowest BCUT2D eigenvalue weighted by atomic mass is 10.1. The molecule has 14 heavy (non-hydrogen) atoms. The fraction of sp³-hybridized carbons (Fsp3) is 0.778. The van der Waals surface area contributed by atoms with Crippen LogP contribution in [0, 0.1) is 5.92 Å². The van der Waals surface area contributed by atoms with Crippen molar-refractivity contribution < 1.29 is 14.3 Å². The van der Waals surface area contributed by atoms with Crippen molar-refractivity contribution in [3.05, 3.63) is 0 Å². The zero-order valence-electron chi connectivity index (χ0n) is 8.92. The molecule has 0 aliphatic rings. The third-order valence-corrected chi connectivity index (χ3v) is 1.73. The number of ether oxygens (including phenoxy) is 1. The Morgan fingerprint density at radius 2 is 1.93 bits per heavy atom. The van der Waals surface area contributed by atoms with Gasteiger partial charge in [0.05, 0.1) is 6.61 Å². The Hall–Kier alpha value is -1.26. The van der Waals surface area contributed by atoms with Gasteiger partial charge in [-0.05, 0) is 13.3 Å². The highest BCUT2D eigenvalue weighted by Gasteiger charge is 2.12. The minimum absolute atomic E-state index is 0.0954. The number of nitrogens with one attached hydrogen (secondary N) is 2. The normalized spacial score (nSPS) is 11.6. The summed E-state index contributed by atoms with van der Waals surface area (Å²) in [4.78, 5) is 22.0. The van der Waals surface area contributed by atoms with Gasteiger partial charge < -0.3 is 4.74 Å². The van der Waals surface area contributed by atoms with Gasteiger partial charge in [-0.15, -0.1) is 0 Å². The second-order valence-corrected chi connectivity index (χ2v) is 3.02. The summed E-state index contributed by atoms with van der Waals surface area (Å²) >= 11 is 0. The second-order valence-electron chi connectivity index (χ2n) is 3.02. The quantitative estimate of drug-likeness (QED) is 0.673. The van der Waals surface area contributed by atoms with Crippen molar-refractivity contribution in [1.82, 2.24) is 10.9 Å². The molecule has 82 valence electrons. The van der Waals surface area contributed by atoms with E-state index in [-0.39, 0.29) is 18.4 Å². The van der Waals surface area contributed by atoms with Crippen LogP contribution in [0.3, 0.4) is 0 Å². The molecule has 0 saturated heterocycles. The Kier molecular flexibility index (Phi) is 6.53. The SMILES string of the molecule is CCCC(C)C(=O)NNC(=O)OCC. The Morgan fingerprint density at radius 1 is 1.29 bits per heavy atom. The van der Waals surface area contributed by atoms with Gasteiger partial charge >= 0.3 is 6.09 Å². The molecule has 0 aromatic heterocycles. The highest BCUT2D eigenvalue weighted by atomic mass is 16.5. The van der Waals surface area contributed by atoms with E-state index in [1.165, 1.54) is 0 Å². The molecule has 0 aromatic rings. The van der Waals surface area contributed by atoms with Crippen molar-refractivity contribution in [3.63, 3.8) is 0 Å². The molecule has 5 heteroatoms. The van der Waals surface area contributed by atoms with Gasteiger partial charge in [0.1, 0.15) is 0 Å². The van der Waals surface area contributed by atoms with E-state index in [1.54, 1.807) is 6.92 Å². The van der Waals surface area contributed by atoms with Gasteiger partial charge in [0.2, 0.25) is 5.91 Å². The van der Waals surface area contributed by atoms with Crippen LogP contribution in [0.5, 0.6) is 0 Å². The van der Waals surface area contributed by atoms with E-state index in [0.717, 1.165) is 12.8 Å². The molecule has 0 bridgehead atoms. The first-order valence-electron chi connectivity index (χ1n) is 4.84. The number of amides is 2. The van der Waals surface area contributed by atoms with Crippen molar-refractivity contribution in [3.8, 4) is 0 Å². The highest BCUT2D eigenvalue weighted by Crippen LogP contribution is 2.03. The van der Waals surface area contributed by atoms with E-state index in [0.29, 0.717) is 0 Å². The number of hydrogen-bond donors (Lipinski definition) is 2. The van der Waals surface area contributed by atoms with E-state index in [9.17, 15) is 9.59 Å². The Balaban J connectivity index is 3.67. The molecule has 2 N–H and O–H groups in total. The van der Waals surface area contributed by atoms with Crippen LogP contribution < -0.4 is 10.9 Å². The molecule has 5 nitrogen and oxygen atoms in total. The van der Waals surface area contributed by atoms with Gasteiger partial charge in [0.25, 0.3) is 0 Å².